The summed E-state index contributed by atoms with van der Waals surface area (Å²) >= 11 is 2.06. The van der Waals surface area contributed by atoms with Crippen molar-refractivity contribution in [2.45, 2.75) is 50.2 Å². The van der Waals surface area contributed by atoms with Gasteiger partial charge in [0, 0.05) is 38.1 Å². The molecular formula is C20H29N5OS. The third-order valence-electron chi connectivity index (χ3n) is 6.65. The Morgan fingerprint density at radius 1 is 1.33 bits per heavy atom. The molecule has 146 valence electrons. The van der Waals surface area contributed by atoms with Gasteiger partial charge in [-0.25, -0.2) is 14.3 Å². The van der Waals surface area contributed by atoms with Gasteiger partial charge in [-0.3, -0.25) is 0 Å². The molecule has 0 atom stereocenters. The third-order valence-corrected chi connectivity index (χ3v) is 7.94. The van der Waals surface area contributed by atoms with Crippen LogP contribution in [0.3, 0.4) is 0 Å². The molecule has 0 unspecified atom stereocenters. The first-order valence-corrected chi connectivity index (χ1v) is 11.2. The smallest absolute Gasteiger partial charge is 0.142 e. The van der Waals surface area contributed by atoms with E-state index in [2.05, 4.69) is 49.2 Å². The van der Waals surface area contributed by atoms with Gasteiger partial charge in [-0.05, 0) is 37.7 Å². The number of hydrogen-bond acceptors (Lipinski definition) is 6. The number of rotatable bonds is 5. The van der Waals surface area contributed by atoms with E-state index in [1.54, 1.807) is 6.33 Å². The molecule has 1 N–H and O–H groups in total. The lowest BCUT2D eigenvalue weighted by molar-refractivity contribution is -0.0821. The van der Waals surface area contributed by atoms with E-state index in [0.717, 1.165) is 42.5 Å². The Hall–Kier alpha value is -1.31. The van der Waals surface area contributed by atoms with Crippen molar-refractivity contribution in [2.75, 3.05) is 37.4 Å². The van der Waals surface area contributed by atoms with Crippen molar-refractivity contribution in [1.29, 1.82) is 0 Å². The summed E-state index contributed by atoms with van der Waals surface area (Å²) in [6.45, 7) is 3.11. The average molecular weight is 388 g/mol. The summed E-state index contributed by atoms with van der Waals surface area (Å²) in [6, 6.07) is 2.67. The molecule has 2 aliphatic carbocycles. The molecule has 3 heterocycles. The number of morpholine rings is 1. The van der Waals surface area contributed by atoms with Crippen LogP contribution in [0.25, 0.3) is 11.0 Å². The predicted octanol–water partition coefficient (Wildman–Crippen LogP) is 3.47. The molecule has 6 nitrogen and oxygen atoms in total. The summed E-state index contributed by atoms with van der Waals surface area (Å²) < 4.78 is 8.74. The zero-order valence-electron chi connectivity index (χ0n) is 16.1. The normalized spacial score (nSPS) is 27.9. The second-order valence-electron chi connectivity index (χ2n) is 8.44. The van der Waals surface area contributed by atoms with E-state index in [1.165, 1.54) is 44.3 Å². The number of ether oxygens (including phenoxy) is 1. The molecule has 0 aromatic carbocycles. The van der Waals surface area contributed by atoms with Gasteiger partial charge in [-0.2, -0.15) is 0 Å². The molecule has 3 fully saturated rings. The molecule has 0 amide bonds. The van der Waals surface area contributed by atoms with E-state index in [-0.39, 0.29) is 5.60 Å². The predicted molar refractivity (Wildman–Crippen MR) is 110 cm³/mol. The molecular weight excluding hydrogens is 358 g/mol. The Labute approximate surface area is 165 Å². The lowest BCUT2D eigenvalue weighted by Crippen LogP contribution is -2.48. The minimum absolute atomic E-state index is 0.183. The first kappa shape index (κ1) is 17.8. The minimum Gasteiger partial charge on any atom is -0.372 e. The van der Waals surface area contributed by atoms with Gasteiger partial charge < -0.3 is 14.6 Å². The molecule has 0 radical (unpaired) electrons. The number of nitrogens with one attached hydrogen (secondary N) is 1. The number of H-pyrrole nitrogens is 1. The van der Waals surface area contributed by atoms with Crippen LogP contribution in [-0.4, -0.2) is 63.4 Å². The van der Waals surface area contributed by atoms with Crippen LogP contribution in [0.5, 0.6) is 0 Å². The van der Waals surface area contributed by atoms with Crippen LogP contribution in [0, 0.1) is 5.92 Å². The summed E-state index contributed by atoms with van der Waals surface area (Å²) in [7, 11) is 2.18. The van der Waals surface area contributed by atoms with Crippen LogP contribution < -0.4 is 4.90 Å². The van der Waals surface area contributed by atoms with Crippen LogP contribution in [0.1, 0.15) is 38.5 Å². The third kappa shape index (κ3) is 3.45. The second-order valence-corrected chi connectivity index (χ2v) is 9.55. The number of aromatic amines is 1. The molecule has 1 spiro atoms. The van der Waals surface area contributed by atoms with Gasteiger partial charge >= 0.3 is 0 Å². The number of nitrogens with zero attached hydrogens (tertiary/aromatic N) is 4. The zero-order chi connectivity index (χ0) is 18.3. The lowest BCUT2D eigenvalue weighted by atomic mass is 9.81. The van der Waals surface area contributed by atoms with Gasteiger partial charge in [0.2, 0.25) is 0 Å². The fourth-order valence-electron chi connectivity index (χ4n) is 4.92. The first-order chi connectivity index (χ1) is 13.2. The molecule has 7 heteroatoms. The summed E-state index contributed by atoms with van der Waals surface area (Å²) in [5, 5.41) is 1.12. The van der Waals surface area contributed by atoms with Crippen molar-refractivity contribution in [1.82, 2.24) is 19.3 Å². The SMILES string of the molecule is CN(c1ncnc2[nH]ccc12)C1CC(CSN2CCOC3(CCCC3)C2)C1. The highest BCUT2D eigenvalue weighted by molar-refractivity contribution is 7.97. The number of anilines is 1. The Balaban J connectivity index is 1.12. The number of aromatic nitrogens is 3. The summed E-state index contributed by atoms with van der Waals surface area (Å²) in [5.41, 5.74) is 1.11. The Morgan fingerprint density at radius 2 is 2.19 bits per heavy atom. The van der Waals surface area contributed by atoms with Crippen molar-refractivity contribution in [2.24, 2.45) is 5.92 Å². The maximum atomic E-state index is 6.15. The fraction of sp³-hybridized carbons (Fsp3) is 0.700. The van der Waals surface area contributed by atoms with Gasteiger partial charge in [0.25, 0.3) is 0 Å². The Kier molecular flexibility index (Phi) is 4.78. The quantitative estimate of drug-likeness (QED) is 0.793. The van der Waals surface area contributed by atoms with E-state index in [0.29, 0.717) is 6.04 Å². The van der Waals surface area contributed by atoms with Crippen LogP contribution in [0.2, 0.25) is 0 Å². The van der Waals surface area contributed by atoms with E-state index >= 15 is 0 Å². The van der Waals surface area contributed by atoms with E-state index in [9.17, 15) is 0 Å². The van der Waals surface area contributed by atoms with E-state index < -0.39 is 0 Å². The highest BCUT2D eigenvalue weighted by Crippen LogP contribution is 2.40. The highest BCUT2D eigenvalue weighted by Gasteiger charge is 2.40. The van der Waals surface area contributed by atoms with Crippen molar-refractivity contribution < 1.29 is 4.74 Å². The molecule has 1 saturated heterocycles. The second kappa shape index (κ2) is 7.26. The molecule has 1 aliphatic heterocycles. The fourth-order valence-corrected chi connectivity index (χ4v) is 6.14. The molecule has 2 aromatic rings. The average Bonchev–Trinajstić information content (AvgIpc) is 3.29. The molecule has 5 rings (SSSR count). The van der Waals surface area contributed by atoms with Crippen molar-refractivity contribution in [3.63, 3.8) is 0 Å². The van der Waals surface area contributed by atoms with E-state index in [4.69, 9.17) is 4.74 Å². The highest BCUT2D eigenvalue weighted by atomic mass is 32.2. The van der Waals surface area contributed by atoms with Crippen LogP contribution >= 0.6 is 11.9 Å². The van der Waals surface area contributed by atoms with Gasteiger partial charge in [-0.1, -0.05) is 24.8 Å². The van der Waals surface area contributed by atoms with Crippen LogP contribution in [-0.2, 0) is 4.74 Å². The number of hydrogen-bond donors (Lipinski definition) is 1. The van der Waals surface area contributed by atoms with Gasteiger partial charge in [0.15, 0.2) is 0 Å². The van der Waals surface area contributed by atoms with E-state index in [1.807, 2.05) is 6.20 Å². The zero-order valence-corrected chi connectivity index (χ0v) is 16.9. The summed E-state index contributed by atoms with van der Waals surface area (Å²) in [6.07, 6.45) is 11.3. The standard InChI is InChI=1S/C20H29N5OS/c1-24(19-17-4-7-21-18(17)22-14-23-19)16-10-15(11-16)12-27-25-8-9-26-20(13-25)5-2-3-6-20/h4,7,14-16H,2-3,5-6,8-13H2,1H3,(H,21,22,23). The maximum absolute atomic E-state index is 6.15. The number of fused-ring (bicyclic) bond motifs is 1. The summed E-state index contributed by atoms with van der Waals surface area (Å²) in [5.74, 6) is 3.10. The lowest BCUT2D eigenvalue weighted by Gasteiger charge is -2.44. The van der Waals surface area contributed by atoms with Gasteiger partial charge in [0.1, 0.15) is 17.8 Å². The maximum Gasteiger partial charge on any atom is 0.142 e. The monoisotopic (exact) mass is 387 g/mol. The Morgan fingerprint density at radius 3 is 3.04 bits per heavy atom. The van der Waals surface area contributed by atoms with Crippen molar-refractivity contribution >= 4 is 28.8 Å². The van der Waals surface area contributed by atoms with Crippen LogP contribution in [0.15, 0.2) is 18.6 Å². The molecule has 3 aliphatic rings. The largest absolute Gasteiger partial charge is 0.372 e. The molecule has 2 saturated carbocycles. The van der Waals surface area contributed by atoms with Gasteiger partial charge in [-0.15, -0.1) is 0 Å². The minimum atomic E-state index is 0.183. The molecule has 0 bridgehead atoms. The first-order valence-electron chi connectivity index (χ1n) is 10.3. The Bertz CT molecular complexity index is 784. The van der Waals surface area contributed by atoms with Crippen molar-refractivity contribution in [3.8, 4) is 0 Å². The molecule has 2 aromatic heterocycles. The van der Waals surface area contributed by atoms with Gasteiger partial charge in [0.05, 0.1) is 17.6 Å². The topological polar surface area (TPSA) is 57.3 Å². The molecule has 27 heavy (non-hydrogen) atoms. The van der Waals surface area contributed by atoms with Crippen LogP contribution in [0.4, 0.5) is 5.82 Å². The van der Waals surface area contributed by atoms with Crippen molar-refractivity contribution in [3.05, 3.63) is 18.6 Å². The summed E-state index contributed by atoms with van der Waals surface area (Å²) in [4.78, 5) is 14.4.